The van der Waals surface area contributed by atoms with E-state index in [1.54, 1.807) is 0 Å². The van der Waals surface area contributed by atoms with Gasteiger partial charge in [0.05, 0.1) is 13.7 Å². The average Bonchev–Trinajstić information content (AvgIpc) is 2.61. The van der Waals surface area contributed by atoms with Gasteiger partial charge in [0, 0.05) is 0 Å². The lowest BCUT2D eigenvalue weighted by Crippen LogP contribution is -2.41. The molecule has 0 N–H and O–H groups in total. The zero-order valence-electron chi connectivity index (χ0n) is 11.0. The predicted octanol–water partition coefficient (Wildman–Crippen LogP) is 0.965. The summed E-state index contributed by atoms with van der Waals surface area (Å²) in [5.74, 6) is -0.570. The largest absolute Gasteiger partial charge is 0.468 e. The summed E-state index contributed by atoms with van der Waals surface area (Å²) < 4.78 is 9.94. The molecule has 1 atom stereocenters. The average molecular weight is 243 g/mol. The molecule has 5 nitrogen and oxygen atoms in total. The zero-order chi connectivity index (χ0) is 13.1. The number of hydrogen-bond acceptors (Lipinski definition) is 5. The minimum absolute atomic E-state index is 0.150. The highest BCUT2D eigenvalue weighted by atomic mass is 16.6. The van der Waals surface area contributed by atoms with Gasteiger partial charge in [-0.2, -0.15) is 0 Å². The maximum Gasteiger partial charge on any atom is 0.323 e. The highest BCUT2D eigenvalue weighted by Gasteiger charge is 2.33. The van der Waals surface area contributed by atoms with Crippen LogP contribution in [0.3, 0.4) is 0 Å². The molecule has 1 fully saturated rings. The normalized spacial score (nSPS) is 21.3. The summed E-state index contributed by atoms with van der Waals surface area (Å²) in [5, 5.41) is 0. The van der Waals surface area contributed by atoms with Crippen LogP contribution in [0.5, 0.6) is 0 Å². The first-order valence-electron chi connectivity index (χ1n) is 5.87. The molecule has 0 radical (unpaired) electrons. The summed E-state index contributed by atoms with van der Waals surface area (Å²) in [6, 6.07) is -0.299. The third kappa shape index (κ3) is 4.34. The molecule has 17 heavy (non-hydrogen) atoms. The second-order valence-corrected chi connectivity index (χ2v) is 5.24. The highest BCUT2D eigenvalue weighted by molar-refractivity contribution is 5.78. The van der Waals surface area contributed by atoms with Crippen LogP contribution in [-0.2, 0) is 19.1 Å². The number of carbonyl (C=O) groups is 2. The van der Waals surface area contributed by atoms with E-state index in [9.17, 15) is 9.59 Å². The van der Waals surface area contributed by atoms with E-state index in [0.29, 0.717) is 0 Å². The number of methoxy groups -OCH3 is 1. The molecule has 98 valence electrons. The number of hydrogen-bond donors (Lipinski definition) is 0. The van der Waals surface area contributed by atoms with E-state index in [0.717, 1.165) is 19.4 Å². The molecule has 1 rings (SSSR count). The van der Waals surface area contributed by atoms with Crippen molar-refractivity contribution in [1.29, 1.82) is 0 Å². The van der Waals surface area contributed by atoms with E-state index in [1.165, 1.54) is 7.11 Å². The molecular weight excluding hydrogens is 222 g/mol. The summed E-state index contributed by atoms with van der Waals surface area (Å²) in [7, 11) is 1.37. The van der Waals surface area contributed by atoms with Crippen LogP contribution in [-0.4, -0.2) is 48.7 Å². The van der Waals surface area contributed by atoms with Gasteiger partial charge in [-0.25, -0.2) is 0 Å². The van der Waals surface area contributed by atoms with E-state index in [4.69, 9.17) is 9.47 Å². The molecule has 0 aromatic heterocycles. The van der Waals surface area contributed by atoms with Gasteiger partial charge in [0.15, 0.2) is 0 Å². The summed E-state index contributed by atoms with van der Waals surface area (Å²) in [6.07, 6.45) is 1.65. The van der Waals surface area contributed by atoms with Crippen molar-refractivity contribution in [3.8, 4) is 0 Å². The predicted molar refractivity (Wildman–Crippen MR) is 62.5 cm³/mol. The van der Waals surface area contributed by atoms with Crippen molar-refractivity contribution in [3.05, 3.63) is 0 Å². The SMILES string of the molecule is COC(=O)[C@H]1CCCN1CC(=O)OC(C)(C)C. The number of carbonyl (C=O) groups excluding carboxylic acids is 2. The van der Waals surface area contributed by atoms with Crippen molar-refractivity contribution in [2.75, 3.05) is 20.2 Å². The Hall–Kier alpha value is -1.10. The molecule has 5 heteroatoms. The minimum atomic E-state index is -0.489. The lowest BCUT2D eigenvalue weighted by molar-refractivity contribution is -0.157. The van der Waals surface area contributed by atoms with Crippen LogP contribution in [0.15, 0.2) is 0 Å². The Balaban J connectivity index is 2.50. The monoisotopic (exact) mass is 243 g/mol. The highest BCUT2D eigenvalue weighted by Crippen LogP contribution is 2.18. The summed E-state index contributed by atoms with van der Waals surface area (Å²) >= 11 is 0. The number of esters is 2. The van der Waals surface area contributed by atoms with Crippen LogP contribution < -0.4 is 0 Å². The quantitative estimate of drug-likeness (QED) is 0.691. The van der Waals surface area contributed by atoms with Crippen molar-refractivity contribution < 1.29 is 19.1 Å². The molecule has 0 aromatic rings. The topological polar surface area (TPSA) is 55.8 Å². The first-order valence-corrected chi connectivity index (χ1v) is 5.87. The fourth-order valence-electron chi connectivity index (χ4n) is 1.96. The fourth-order valence-corrected chi connectivity index (χ4v) is 1.96. The van der Waals surface area contributed by atoms with Crippen LogP contribution >= 0.6 is 0 Å². The van der Waals surface area contributed by atoms with E-state index < -0.39 is 5.60 Å². The van der Waals surface area contributed by atoms with E-state index in [-0.39, 0.29) is 24.5 Å². The second kappa shape index (κ2) is 5.49. The van der Waals surface area contributed by atoms with Gasteiger partial charge in [-0.05, 0) is 40.2 Å². The fraction of sp³-hybridized carbons (Fsp3) is 0.833. The summed E-state index contributed by atoms with van der Waals surface area (Å²) in [6.45, 7) is 6.36. The molecule has 1 aliphatic rings. The Kier molecular flexibility index (Phi) is 4.51. The van der Waals surface area contributed by atoms with Crippen molar-refractivity contribution in [1.82, 2.24) is 4.90 Å². The number of nitrogens with zero attached hydrogens (tertiary/aromatic N) is 1. The Morgan fingerprint density at radius 2 is 2.00 bits per heavy atom. The minimum Gasteiger partial charge on any atom is -0.468 e. The lowest BCUT2D eigenvalue weighted by Gasteiger charge is -2.24. The number of rotatable bonds is 3. The molecule has 0 amide bonds. The Labute approximate surface area is 102 Å². The van der Waals surface area contributed by atoms with Crippen LogP contribution in [0.4, 0.5) is 0 Å². The molecule has 1 saturated heterocycles. The molecule has 0 aromatic carbocycles. The van der Waals surface area contributed by atoms with Gasteiger partial charge in [0.25, 0.3) is 0 Å². The van der Waals surface area contributed by atoms with Gasteiger partial charge in [0.1, 0.15) is 11.6 Å². The molecule has 0 bridgehead atoms. The van der Waals surface area contributed by atoms with Gasteiger partial charge in [-0.15, -0.1) is 0 Å². The molecule has 0 aliphatic carbocycles. The van der Waals surface area contributed by atoms with E-state index in [1.807, 2.05) is 25.7 Å². The Morgan fingerprint density at radius 3 is 2.53 bits per heavy atom. The maximum absolute atomic E-state index is 11.7. The Morgan fingerprint density at radius 1 is 1.35 bits per heavy atom. The van der Waals surface area contributed by atoms with Crippen molar-refractivity contribution in [3.63, 3.8) is 0 Å². The molecule has 1 aliphatic heterocycles. The van der Waals surface area contributed by atoms with Crippen molar-refractivity contribution in [2.45, 2.75) is 45.3 Å². The lowest BCUT2D eigenvalue weighted by atomic mass is 10.2. The second-order valence-electron chi connectivity index (χ2n) is 5.24. The van der Waals surface area contributed by atoms with Crippen molar-refractivity contribution in [2.24, 2.45) is 0 Å². The third-order valence-corrected chi connectivity index (χ3v) is 2.59. The molecular formula is C12H21NO4. The van der Waals surface area contributed by atoms with Crippen molar-refractivity contribution >= 4 is 11.9 Å². The third-order valence-electron chi connectivity index (χ3n) is 2.59. The summed E-state index contributed by atoms with van der Waals surface area (Å²) in [4.78, 5) is 24.9. The first kappa shape index (κ1) is 14.0. The maximum atomic E-state index is 11.7. The van der Waals surface area contributed by atoms with Gasteiger partial charge >= 0.3 is 11.9 Å². The van der Waals surface area contributed by atoms with Crippen LogP contribution in [0.25, 0.3) is 0 Å². The standard InChI is InChI=1S/C12H21NO4/c1-12(2,3)17-10(14)8-13-7-5-6-9(13)11(15)16-4/h9H,5-8H2,1-4H3/t9-/m1/s1. The molecule has 0 saturated carbocycles. The summed E-state index contributed by atoms with van der Waals surface area (Å²) in [5.41, 5.74) is -0.489. The molecule has 0 spiro atoms. The van der Waals surface area contributed by atoms with Gasteiger partial charge in [0.2, 0.25) is 0 Å². The van der Waals surface area contributed by atoms with E-state index >= 15 is 0 Å². The molecule has 0 unspecified atom stereocenters. The molecule has 1 heterocycles. The van der Waals surface area contributed by atoms with Gasteiger partial charge in [-0.3, -0.25) is 14.5 Å². The number of ether oxygens (including phenoxy) is 2. The zero-order valence-corrected chi connectivity index (χ0v) is 11.0. The van der Waals surface area contributed by atoms with Crippen LogP contribution in [0, 0.1) is 0 Å². The van der Waals surface area contributed by atoms with Gasteiger partial charge < -0.3 is 9.47 Å². The van der Waals surface area contributed by atoms with Crippen LogP contribution in [0.1, 0.15) is 33.6 Å². The van der Waals surface area contributed by atoms with Gasteiger partial charge in [-0.1, -0.05) is 0 Å². The smallest absolute Gasteiger partial charge is 0.323 e. The number of likely N-dealkylation sites (tertiary alicyclic amines) is 1. The van der Waals surface area contributed by atoms with Crippen LogP contribution in [0.2, 0.25) is 0 Å². The van der Waals surface area contributed by atoms with E-state index in [2.05, 4.69) is 0 Å². The first-order chi connectivity index (χ1) is 7.83. The Bertz CT molecular complexity index is 295.